The molecule has 0 unspecified atom stereocenters. The number of aromatic nitrogens is 3. The maximum absolute atomic E-state index is 6.20. The van der Waals surface area contributed by atoms with E-state index in [1.807, 2.05) is 55.0 Å². The van der Waals surface area contributed by atoms with Crippen LogP contribution in [0.15, 0.2) is 91.4 Å². The lowest BCUT2D eigenvalue weighted by Gasteiger charge is -2.29. The Morgan fingerprint density at radius 3 is 2.34 bits per heavy atom. The fourth-order valence-corrected chi connectivity index (χ4v) is 5.50. The summed E-state index contributed by atoms with van der Waals surface area (Å²) in [7, 11) is 0. The lowest BCUT2D eigenvalue weighted by atomic mass is 10.0. The van der Waals surface area contributed by atoms with Gasteiger partial charge >= 0.3 is 0 Å². The standard InChI is InChI=1S/C28H27N5OS/c35-28-31-26(23-10-3-5-17-29-23)27(24-11-7-19-32(24)25-12-4-6-18-30-25)33(28)20-13-15-22(16-14-20)34-21-8-1-2-9-21/h3-7,10-19,21,26-27H,1-2,8-9H2,(H,31,35)/t26-,27-/m0/s1. The lowest BCUT2D eigenvalue weighted by Crippen LogP contribution is -2.30. The Kier molecular flexibility index (Phi) is 5.92. The van der Waals surface area contributed by atoms with E-state index >= 15 is 0 Å². The van der Waals surface area contributed by atoms with Gasteiger partial charge in [-0.15, -0.1) is 0 Å². The molecule has 4 aromatic rings. The first-order valence-corrected chi connectivity index (χ1v) is 12.5. The summed E-state index contributed by atoms with van der Waals surface area (Å²) >= 11 is 5.89. The molecule has 4 heterocycles. The number of pyridine rings is 2. The van der Waals surface area contributed by atoms with Crippen molar-refractivity contribution < 1.29 is 4.74 Å². The minimum Gasteiger partial charge on any atom is -0.490 e. The Morgan fingerprint density at radius 2 is 1.63 bits per heavy atom. The van der Waals surface area contributed by atoms with Gasteiger partial charge < -0.3 is 19.5 Å². The number of nitrogens with one attached hydrogen (secondary N) is 1. The molecular weight excluding hydrogens is 454 g/mol. The quantitative estimate of drug-likeness (QED) is 0.353. The third-order valence-corrected chi connectivity index (χ3v) is 7.11. The number of anilines is 1. The highest BCUT2D eigenvalue weighted by Crippen LogP contribution is 2.42. The van der Waals surface area contributed by atoms with Crippen molar-refractivity contribution in [2.45, 2.75) is 43.9 Å². The summed E-state index contributed by atoms with van der Waals surface area (Å²) in [5.41, 5.74) is 3.04. The second-order valence-corrected chi connectivity index (χ2v) is 9.39. The molecule has 35 heavy (non-hydrogen) atoms. The molecule has 1 aliphatic heterocycles. The molecule has 6 rings (SSSR count). The molecule has 1 N–H and O–H groups in total. The number of benzene rings is 1. The van der Waals surface area contributed by atoms with E-state index < -0.39 is 0 Å². The first-order valence-electron chi connectivity index (χ1n) is 12.1. The van der Waals surface area contributed by atoms with Crippen LogP contribution < -0.4 is 15.0 Å². The molecule has 3 aromatic heterocycles. The number of hydrogen-bond donors (Lipinski definition) is 1. The van der Waals surface area contributed by atoms with E-state index in [1.54, 1.807) is 0 Å². The predicted molar refractivity (Wildman–Crippen MR) is 141 cm³/mol. The van der Waals surface area contributed by atoms with Crippen molar-refractivity contribution in [2.24, 2.45) is 0 Å². The van der Waals surface area contributed by atoms with Crippen LogP contribution in [-0.2, 0) is 0 Å². The van der Waals surface area contributed by atoms with Crippen molar-refractivity contribution in [2.75, 3.05) is 4.90 Å². The van der Waals surface area contributed by atoms with Gasteiger partial charge in [0, 0.05) is 30.0 Å². The molecule has 2 aliphatic rings. The van der Waals surface area contributed by atoms with Crippen LogP contribution in [-0.4, -0.2) is 25.8 Å². The third kappa shape index (κ3) is 4.28. The van der Waals surface area contributed by atoms with E-state index in [0.29, 0.717) is 11.2 Å². The fraction of sp³-hybridized carbons (Fsp3) is 0.250. The maximum atomic E-state index is 6.20. The van der Waals surface area contributed by atoms with Gasteiger partial charge in [-0.3, -0.25) is 4.98 Å². The molecule has 1 saturated heterocycles. The average molecular weight is 482 g/mol. The van der Waals surface area contributed by atoms with E-state index in [2.05, 4.69) is 61.1 Å². The first-order chi connectivity index (χ1) is 17.3. The molecule has 2 fully saturated rings. The predicted octanol–water partition coefficient (Wildman–Crippen LogP) is 5.77. The van der Waals surface area contributed by atoms with Gasteiger partial charge in [0.25, 0.3) is 0 Å². The molecule has 1 aliphatic carbocycles. The molecular formula is C28H27N5OS. The van der Waals surface area contributed by atoms with E-state index in [9.17, 15) is 0 Å². The van der Waals surface area contributed by atoms with Gasteiger partial charge in [-0.2, -0.15) is 0 Å². The van der Waals surface area contributed by atoms with Gasteiger partial charge in [0.2, 0.25) is 0 Å². The summed E-state index contributed by atoms with van der Waals surface area (Å²) in [5, 5.41) is 4.21. The van der Waals surface area contributed by atoms with Gasteiger partial charge in [-0.25, -0.2) is 4.98 Å². The van der Waals surface area contributed by atoms with Gasteiger partial charge in [-0.1, -0.05) is 12.1 Å². The smallest absolute Gasteiger partial charge is 0.174 e. The number of nitrogens with zero attached hydrogens (tertiary/aromatic N) is 4. The van der Waals surface area contributed by atoms with Crippen molar-refractivity contribution in [3.8, 4) is 11.6 Å². The van der Waals surface area contributed by atoms with Crippen LogP contribution in [0.2, 0.25) is 0 Å². The van der Waals surface area contributed by atoms with Gasteiger partial charge in [-0.05, 0) is 98.6 Å². The molecule has 7 heteroatoms. The zero-order chi connectivity index (χ0) is 23.6. The molecule has 0 bridgehead atoms. The maximum Gasteiger partial charge on any atom is 0.174 e. The van der Waals surface area contributed by atoms with Crippen LogP contribution in [0.1, 0.15) is 49.2 Å². The van der Waals surface area contributed by atoms with Crippen molar-refractivity contribution in [1.82, 2.24) is 19.9 Å². The van der Waals surface area contributed by atoms with Crippen LogP contribution in [0.3, 0.4) is 0 Å². The highest BCUT2D eigenvalue weighted by atomic mass is 32.1. The van der Waals surface area contributed by atoms with E-state index in [0.717, 1.165) is 41.5 Å². The Labute approximate surface area is 210 Å². The van der Waals surface area contributed by atoms with E-state index in [4.69, 9.17) is 17.0 Å². The third-order valence-electron chi connectivity index (χ3n) is 6.80. The van der Waals surface area contributed by atoms with Crippen LogP contribution in [0, 0.1) is 0 Å². The minimum absolute atomic E-state index is 0.115. The first kappa shape index (κ1) is 21.8. The topological polar surface area (TPSA) is 55.2 Å². The van der Waals surface area contributed by atoms with Crippen LogP contribution in [0.5, 0.6) is 5.75 Å². The Bertz CT molecular complexity index is 1290. The summed E-state index contributed by atoms with van der Waals surface area (Å²) in [6.45, 7) is 0. The van der Waals surface area contributed by atoms with Crippen molar-refractivity contribution in [1.29, 1.82) is 0 Å². The molecule has 176 valence electrons. The van der Waals surface area contributed by atoms with Crippen LogP contribution in [0.25, 0.3) is 5.82 Å². The van der Waals surface area contributed by atoms with E-state index in [1.165, 1.54) is 12.8 Å². The molecule has 2 atom stereocenters. The van der Waals surface area contributed by atoms with Crippen molar-refractivity contribution >= 4 is 23.0 Å². The number of ether oxygens (including phenoxy) is 1. The summed E-state index contributed by atoms with van der Waals surface area (Å²) < 4.78 is 8.32. The Morgan fingerprint density at radius 1 is 0.857 bits per heavy atom. The summed E-state index contributed by atoms with van der Waals surface area (Å²) in [6, 6.07) is 24.2. The van der Waals surface area contributed by atoms with Gasteiger partial charge in [0.15, 0.2) is 5.11 Å². The summed E-state index contributed by atoms with van der Waals surface area (Å²) in [4.78, 5) is 11.4. The zero-order valence-corrected chi connectivity index (χ0v) is 20.1. The van der Waals surface area contributed by atoms with Gasteiger partial charge in [0.1, 0.15) is 17.6 Å². The van der Waals surface area contributed by atoms with E-state index in [-0.39, 0.29) is 12.1 Å². The molecule has 1 aromatic carbocycles. The zero-order valence-electron chi connectivity index (χ0n) is 19.3. The monoisotopic (exact) mass is 481 g/mol. The summed E-state index contributed by atoms with van der Waals surface area (Å²) in [5.74, 6) is 1.78. The number of hydrogen-bond acceptors (Lipinski definition) is 4. The number of rotatable bonds is 6. The fourth-order valence-electron chi connectivity index (χ4n) is 5.16. The molecule has 0 amide bonds. The van der Waals surface area contributed by atoms with Crippen LogP contribution in [0.4, 0.5) is 5.69 Å². The molecule has 0 radical (unpaired) electrons. The summed E-state index contributed by atoms with van der Waals surface area (Å²) in [6.07, 6.45) is 10.8. The van der Waals surface area contributed by atoms with Crippen molar-refractivity contribution in [3.63, 3.8) is 0 Å². The highest BCUT2D eigenvalue weighted by Gasteiger charge is 2.42. The Balaban J connectivity index is 1.39. The second kappa shape index (κ2) is 9.50. The highest BCUT2D eigenvalue weighted by molar-refractivity contribution is 7.80. The lowest BCUT2D eigenvalue weighted by molar-refractivity contribution is 0.210. The second-order valence-electron chi connectivity index (χ2n) is 9.01. The van der Waals surface area contributed by atoms with Crippen molar-refractivity contribution in [3.05, 3.63) is 103 Å². The van der Waals surface area contributed by atoms with Gasteiger partial charge in [0.05, 0.1) is 17.8 Å². The minimum atomic E-state index is -0.115. The molecule has 6 nitrogen and oxygen atoms in total. The largest absolute Gasteiger partial charge is 0.490 e. The normalized spacial score (nSPS) is 20.2. The SMILES string of the molecule is S=C1N[C@@H](c2ccccn2)[C@H](c2cccn2-c2ccccn2)N1c1ccc(OC2CCCC2)cc1. The Hall–Kier alpha value is -3.71. The molecule has 1 saturated carbocycles. The number of thiocarbonyl (C=S) groups is 1. The average Bonchev–Trinajstić information content (AvgIpc) is 3.66. The van der Waals surface area contributed by atoms with Crippen LogP contribution >= 0.6 is 12.2 Å². The molecule has 0 spiro atoms.